The average molecular weight is 831 g/mol. The summed E-state index contributed by atoms with van der Waals surface area (Å²) in [4.78, 5) is 30.5. The molecule has 63 heavy (non-hydrogen) atoms. The molecule has 2 aliphatic heterocycles. The Hall–Kier alpha value is -7.58. The highest BCUT2D eigenvalue weighted by atomic mass is 16.5. The number of carbonyl (C=O) groups is 2. The summed E-state index contributed by atoms with van der Waals surface area (Å²) < 4.78 is 28.0. The van der Waals surface area contributed by atoms with Gasteiger partial charge in [0.2, 0.25) is 11.6 Å². The quantitative estimate of drug-likeness (QED) is 0.114. The smallest absolute Gasteiger partial charge is 0.210 e. The zero-order valence-electron chi connectivity index (χ0n) is 35.7. The highest BCUT2D eigenvalue weighted by Gasteiger charge is 2.37. The minimum atomic E-state index is -0.0600. The van der Waals surface area contributed by atoms with E-state index in [1.54, 1.807) is 28.4 Å². The fraction of sp³-hybridized carbons (Fsp3) is 0.164. The van der Waals surface area contributed by atoms with Gasteiger partial charge in [-0.25, -0.2) is 0 Å². The van der Waals surface area contributed by atoms with Gasteiger partial charge in [0.25, 0.3) is 0 Å². The van der Waals surface area contributed by atoms with Crippen LogP contribution in [0.2, 0.25) is 0 Å². The van der Waals surface area contributed by atoms with Crippen molar-refractivity contribution in [2.45, 2.75) is 32.4 Å². The molecular formula is C55H46N2O6. The molecule has 10 rings (SSSR count). The second-order valence-electron chi connectivity index (χ2n) is 15.9. The van der Waals surface area contributed by atoms with E-state index >= 15 is 9.59 Å². The van der Waals surface area contributed by atoms with Crippen molar-refractivity contribution in [1.82, 2.24) is 9.13 Å². The third kappa shape index (κ3) is 6.61. The van der Waals surface area contributed by atoms with E-state index in [9.17, 15) is 0 Å². The Kier molecular flexibility index (Phi) is 10.3. The maximum absolute atomic E-state index is 15.2. The molecule has 0 atom stereocenters. The molecule has 0 spiro atoms. The van der Waals surface area contributed by atoms with Crippen molar-refractivity contribution in [1.29, 1.82) is 0 Å². The monoisotopic (exact) mass is 830 g/mol. The van der Waals surface area contributed by atoms with E-state index in [0.717, 1.165) is 67.0 Å². The van der Waals surface area contributed by atoms with E-state index in [4.69, 9.17) is 18.9 Å². The van der Waals surface area contributed by atoms with Crippen LogP contribution in [0, 0.1) is 0 Å². The van der Waals surface area contributed by atoms with Crippen LogP contribution in [-0.2, 0) is 32.4 Å². The number of nitrogens with zero attached hydrogens (tertiary/aromatic N) is 2. The van der Waals surface area contributed by atoms with Crippen molar-refractivity contribution in [2.75, 3.05) is 28.4 Å². The van der Waals surface area contributed by atoms with Crippen LogP contribution in [0.3, 0.4) is 0 Å². The molecule has 0 aliphatic carbocycles. The van der Waals surface area contributed by atoms with Gasteiger partial charge in [-0.1, -0.05) is 121 Å². The predicted molar refractivity (Wildman–Crippen MR) is 247 cm³/mol. The molecule has 0 amide bonds. The van der Waals surface area contributed by atoms with Gasteiger partial charge in [-0.05, 0) is 70.5 Å². The molecule has 0 radical (unpaired) electrons. The third-order valence-corrected chi connectivity index (χ3v) is 12.6. The van der Waals surface area contributed by atoms with Crippen LogP contribution in [0.1, 0.15) is 54.4 Å². The van der Waals surface area contributed by atoms with Crippen LogP contribution < -0.4 is 18.9 Å². The van der Waals surface area contributed by atoms with Gasteiger partial charge in [-0.15, -0.1) is 0 Å². The van der Waals surface area contributed by atoms with Crippen LogP contribution in [0.25, 0.3) is 44.8 Å². The summed E-state index contributed by atoms with van der Waals surface area (Å²) >= 11 is 0. The average Bonchev–Trinajstić information content (AvgIpc) is 3.86. The Morgan fingerprint density at radius 1 is 0.460 bits per heavy atom. The molecule has 312 valence electrons. The molecule has 8 nitrogen and oxygen atoms in total. The van der Waals surface area contributed by atoms with Crippen LogP contribution in [0.15, 0.2) is 146 Å². The topological polar surface area (TPSA) is 80.9 Å². The summed E-state index contributed by atoms with van der Waals surface area (Å²) in [6.45, 7) is 1.14. The fourth-order valence-electron chi connectivity index (χ4n) is 9.84. The van der Waals surface area contributed by atoms with Crippen LogP contribution >= 0.6 is 0 Å². The summed E-state index contributed by atoms with van der Waals surface area (Å²) in [5.74, 6) is 2.39. The SMILES string of the molecule is COc1cc2c(cc1OC)-c1c(Cc3c(-c4ccccc4)c(C(=O)c4ccccc4)n4c3-c3cc(OC)c(OC)cc3CC4)c(-c3ccccc3)c(C(=O)c3ccccc3)n1CC2. The predicted octanol–water partition coefficient (Wildman–Crippen LogP) is 11.2. The van der Waals surface area contributed by atoms with Crippen molar-refractivity contribution in [3.63, 3.8) is 0 Å². The van der Waals surface area contributed by atoms with Gasteiger partial charge < -0.3 is 28.1 Å². The van der Waals surface area contributed by atoms with Crippen molar-refractivity contribution >= 4 is 11.6 Å². The first kappa shape index (κ1) is 39.5. The van der Waals surface area contributed by atoms with E-state index in [-0.39, 0.29) is 11.6 Å². The molecule has 0 N–H and O–H groups in total. The molecule has 0 unspecified atom stereocenters. The van der Waals surface area contributed by atoms with Gasteiger partial charge in [-0.2, -0.15) is 0 Å². The van der Waals surface area contributed by atoms with Crippen molar-refractivity contribution in [3.8, 4) is 67.8 Å². The van der Waals surface area contributed by atoms with Crippen LogP contribution in [0.4, 0.5) is 0 Å². The standard InChI is InChI=1S/C55H46N2O6/c1-60-44-29-38-25-27-56-50(40(38)32-46(44)62-3)42(48(34-17-9-5-10-18-34)52(56)54(58)36-21-13-7-14-22-36)31-43-49(35-19-11-6-12-20-35)53(55(59)37-23-15-8-16-24-37)57-28-26-39-30-45(61-2)47(63-4)33-41(39)51(43)57/h5-24,29-30,32-33H,25-28,31H2,1-4H3. The number of fused-ring (bicyclic) bond motifs is 6. The van der Waals surface area contributed by atoms with Gasteiger partial charge in [0, 0.05) is 52.9 Å². The molecule has 2 aliphatic rings. The summed E-state index contributed by atoms with van der Waals surface area (Å²) in [7, 11) is 6.61. The fourth-order valence-corrected chi connectivity index (χ4v) is 9.84. The Morgan fingerprint density at radius 3 is 1.14 bits per heavy atom. The van der Waals surface area contributed by atoms with Crippen molar-refractivity contribution in [2.24, 2.45) is 0 Å². The molecular weight excluding hydrogens is 785 g/mol. The lowest BCUT2D eigenvalue weighted by Gasteiger charge is -2.25. The first-order valence-electron chi connectivity index (χ1n) is 21.3. The highest BCUT2D eigenvalue weighted by molar-refractivity contribution is 6.15. The van der Waals surface area contributed by atoms with Crippen LogP contribution in [0.5, 0.6) is 23.0 Å². The molecule has 0 saturated heterocycles. The number of carbonyl (C=O) groups excluding carboxylic acids is 2. The molecule has 2 aromatic heterocycles. The number of hydrogen-bond donors (Lipinski definition) is 0. The number of ketones is 2. The lowest BCUT2D eigenvalue weighted by atomic mass is 9.85. The molecule has 4 heterocycles. The molecule has 0 bridgehead atoms. The number of aryl methyl sites for hydroxylation is 2. The molecule has 8 heteroatoms. The minimum Gasteiger partial charge on any atom is -0.493 e. The van der Waals surface area contributed by atoms with E-state index in [2.05, 4.69) is 57.7 Å². The van der Waals surface area contributed by atoms with Gasteiger partial charge in [-0.3, -0.25) is 9.59 Å². The second kappa shape index (κ2) is 16.4. The van der Waals surface area contributed by atoms with E-state index in [1.807, 2.05) is 97.1 Å². The Balaban J connectivity index is 1.35. The summed E-state index contributed by atoms with van der Waals surface area (Å²) in [6, 6.07) is 47.8. The van der Waals surface area contributed by atoms with Crippen molar-refractivity contribution < 1.29 is 28.5 Å². The van der Waals surface area contributed by atoms with Gasteiger partial charge in [0.05, 0.1) is 51.2 Å². The normalized spacial score (nSPS) is 12.4. The lowest BCUT2D eigenvalue weighted by molar-refractivity contribution is 0.102. The van der Waals surface area contributed by atoms with E-state index in [1.165, 1.54) is 0 Å². The summed E-state index contributed by atoms with van der Waals surface area (Å²) in [5, 5.41) is 0. The highest BCUT2D eigenvalue weighted by Crippen LogP contribution is 2.51. The number of hydrogen-bond acceptors (Lipinski definition) is 6. The molecule has 8 aromatic rings. The molecule has 6 aromatic carbocycles. The van der Waals surface area contributed by atoms with Gasteiger partial charge >= 0.3 is 0 Å². The largest absolute Gasteiger partial charge is 0.493 e. The summed E-state index contributed by atoms with van der Waals surface area (Å²) in [5.41, 5.74) is 14.0. The number of ether oxygens (including phenoxy) is 4. The lowest BCUT2D eigenvalue weighted by Crippen LogP contribution is -2.18. The number of rotatable bonds is 12. The first-order chi connectivity index (χ1) is 30.9. The maximum Gasteiger partial charge on any atom is 0.210 e. The summed E-state index contributed by atoms with van der Waals surface area (Å²) in [6.07, 6.45) is 1.74. The Morgan fingerprint density at radius 2 is 0.794 bits per heavy atom. The number of methoxy groups -OCH3 is 4. The maximum atomic E-state index is 15.2. The minimum absolute atomic E-state index is 0.0600. The van der Waals surface area contributed by atoms with Crippen molar-refractivity contribution in [3.05, 3.63) is 190 Å². The Labute approximate surface area is 366 Å². The van der Waals surface area contributed by atoms with E-state index < -0.39 is 0 Å². The third-order valence-electron chi connectivity index (χ3n) is 12.6. The van der Waals surface area contributed by atoms with Crippen LogP contribution in [-0.4, -0.2) is 49.1 Å². The van der Waals surface area contributed by atoms with Gasteiger partial charge in [0.1, 0.15) is 0 Å². The number of benzene rings is 6. The second-order valence-corrected chi connectivity index (χ2v) is 15.9. The zero-order valence-corrected chi connectivity index (χ0v) is 35.7. The molecule has 0 saturated carbocycles. The Bertz CT molecular complexity index is 2830. The number of aromatic nitrogens is 2. The first-order valence-corrected chi connectivity index (χ1v) is 21.3. The molecule has 0 fully saturated rings. The van der Waals surface area contributed by atoms with E-state index in [0.29, 0.717) is 77.9 Å². The zero-order chi connectivity index (χ0) is 43.2. The van der Waals surface area contributed by atoms with Gasteiger partial charge in [0.15, 0.2) is 23.0 Å².